The Morgan fingerprint density at radius 2 is 2.10 bits per heavy atom. The molecular formula is C20H19BrClN5O3S. The number of aryl methyl sites for hydroxylation is 1. The highest BCUT2D eigenvalue weighted by Crippen LogP contribution is 2.28. The SMILES string of the molecule is COc1nc(C2=CCN(c3nc(C)n(Cc4ccc(Br)s4)c(=O)n3)C[C@@H]2O)ccc1Cl. The third-order valence-corrected chi connectivity index (χ3v) is 6.79. The van der Waals surface area contributed by atoms with E-state index < -0.39 is 6.10 Å². The van der Waals surface area contributed by atoms with Gasteiger partial charge in [-0.05, 0) is 47.1 Å². The van der Waals surface area contributed by atoms with Crippen molar-refractivity contribution in [3.63, 3.8) is 0 Å². The molecule has 0 fully saturated rings. The molecule has 0 aromatic carbocycles. The smallest absolute Gasteiger partial charge is 0.352 e. The van der Waals surface area contributed by atoms with Gasteiger partial charge in [-0.2, -0.15) is 9.97 Å². The van der Waals surface area contributed by atoms with Crippen molar-refractivity contribution < 1.29 is 9.84 Å². The van der Waals surface area contributed by atoms with E-state index in [0.29, 0.717) is 47.0 Å². The predicted octanol–water partition coefficient (Wildman–Crippen LogP) is 3.14. The molecule has 1 aliphatic rings. The Morgan fingerprint density at radius 1 is 1.29 bits per heavy atom. The van der Waals surface area contributed by atoms with Crippen LogP contribution in [-0.2, 0) is 6.54 Å². The van der Waals surface area contributed by atoms with Crippen LogP contribution in [-0.4, -0.2) is 50.9 Å². The van der Waals surface area contributed by atoms with E-state index in [9.17, 15) is 9.90 Å². The van der Waals surface area contributed by atoms with Crippen molar-refractivity contribution >= 4 is 50.4 Å². The van der Waals surface area contributed by atoms with E-state index in [0.717, 1.165) is 8.66 Å². The van der Waals surface area contributed by atoms with Crippen LogP contribution < -0.4 is 15.3 Å². The van der Waals surface area contributed by atoms with Crippen molar-refractivity contribution in [1.82, 2.24) is 19.5 Å². The highest BCUT2D eigenvalue weighted by atomic mass is 79.9. The van der Waals surface area contributed by atoms with Crippen LogP contribution in [0.15, 0.2) is 38.9 Å². The minimum atomic E-state index is -0.832. The van der Waals surface area contributed by atoms with Gasteiger partial charge in [-0.1, -0.05) is 17.7 Å². The van der Waals surface area contributed by atoms with Crippen molar-refractivity contribution in [2.45, 2.75) is 19.6 Å². The van der Waals surface area contributed by atoms with Crippen LogP contribution in [0.25, 0.3) is 5.57 Å². The van der Waals surface area contributed by atoms with E-state index in [-0.39, 0.29) is 12.2 Å². The lowest BCUT2D eigenvalue weighted by Gasteiger charge is -2.30. The lowest BCUT2D eigenvalue weighted by Crippen LogP contribution is -2.40. The van der Waals surface area contributed by atoms with Gasteiger partial charge in [0.25, 0.3) is 0 Å². The van der Waals surface area contributed by atoms with Gasteiger partial charge in [-0.15, -0.1) is 11.3 Å². The van der Waals surface area contributed by atoms with Gasteiger partial charge in [0.05, 0.1) is 35.8 Å². The van der Waals surface area contributed by atoms with Crippen LogP contribution in [0.4, 0.5) is 5.95 Å². The van der Waals surface area contributed by atoms with E-state index in [2.05, 4.69) is 30.9 Å². The molecule has 0 saturated heterocycles. The molecule has 4 heterocycles. The summed E-state index contributed by atoms with van der Waals surface area (Å²) >= 11 is 11.0. The van der Waals surface area contributed by atoms with Gasteiger partial charge in [0, 0.05) is 17.0 Å². The van der Waals surface area contributed by atoms with Crippen LogP contribution in [0.1, 0.15) is 16.4 Å². The van der Waals surface area contributed by atoms with Gasteiger partial charge >= 0.3 is 5.69 Å². The third-order valence-electron chi connectivity index (χ3n) is 4.89. The zero-order chi connectivity index (χ0) is 22.1. The number of aromatic nitrogens is 4. The minimum Gasteiger partial charge on any atom is -0.480 e. The maximum Gasteiger partial charge on any atom is 0.352 e. The Bertz CT molecular complexity index is 1210. The molecule has 31 heavy (non-hydrogen) atoms. The van der Waals surface area contributed by atoms with Crippen molar-refractivity contribution in [1.29, 1.82) is 0 Å². The summed E-state index contributed by atoms with van der Waals surface area (Å²) < 4.78 is 7.70. The van der Waals surface area contributed by atoms with Gasteiger partial charge in [-0.3, -0.25) is 4.57 Å². The molecule has 0 spiro atoms. The largest absolute Gasteiger partial charge is 0.480 e. The molecule has 0 radical (unpaired) electrons. The standard InChI is InChI=1S/C20H19BrClN5O3S/c1-11-23-19(25-20(29)27(11)9-12-3-6-17(21)31-12)26-8-7-13(16(28)10-26)15-5-4-14(22)18(24-15)30-2/h3-7,16,28H,8-10H2,1-2H3/t16-/m0/s1. The van der Waals surface area contributed by atoms with Crippen molar-refractivity contribution in [3.05, 3.63) is 66.0 Å². The van der Waals surface area contributed by atoms with Crippen LogP contribution in [0.2, 0.25) is 5.02 Å². The Balaban J connectivity index is 1.57. The monoisotopic (exact) mass is 523 g/mol. The number of hydrogen-bond acceptors (Lipinski definition) is 8. The summed E-state index contributed by atoms with van der Waals surface area (Å²) in [5.41, 5.74) is 0.878. The molecule has 1 N–H and O–H groups in total. The molecule has 11 heteroatoms. The first-order valence-electron chi connectivity index (χ1n) is 9.39. The number of aliphatic hydroxyl groups is 1. The Labute approximate surface area is 195 Å². The highest BCUT2D eigenvalue weighted by molar-refractivity contribution is 9.11. The topological polar surface area (TPSA) is 93.4 Å². The molecule has 0 bridgehead atoms. The number of rotatable bonds is 5. The zero-order valence-electron chi connectivity index (χ0n) is 16.7. The molecule has 1 aliphatic heterocycles. The van der Waals surface area contributed by atoms with Gasteiger partial charge < -0.3 is 14.7 Å². The maximum atomic E-state index is 12.6. The number of methoxy groups -OCH3 is 1. The van der Waals surface area contributed by atoms with Crippen molar-refractivity contribution in [2.24, 2.45) is 0 Å². The summed E-state index contributed by atoms with van der Waals surface area (Å²) in [5.74, 6) is 1.16. The second-order valence-electron chi connectivity index (χ2n) is 6.91. The quantitative estimate of drug-likeness (QED) is 0.548. The summed E-state index contributed by atoms with van der Waals surface area (Å²) in [7, 11) is 1.49. The van der Waals surface area contributed by atoms with Gasteiger partial charge in [0.2, 0.25) is 11.8 Å². The average molecular weight is 525 g/mol. The van der Waals surface area contributed by atoms with Crippen LogP contribution in [0.3, 0.4) is 0 Å². The average Bonchev–Trinajstić information content (AvgIpc) is 3.16. The van der Waals surface area contributed by atoms with Crippen LogP contribution in [0.5, 0.6) is 5.88 Å². The normalized spacial score (nSPS) is 16.4. The molecular weight excluding hydrogens is 506 g/mol. The van der Waals surface area contributed by atoms with E-state index in [4.69, 9.17) is 16.3 Å². The number of halogens is 2. The first-order valence-corrected chi connectivity index (χ1v) is 11.4. The summed E-state index contributed by atoms with van der Waals surface area (Å²) in [4.78, 5) is 28.5. The van der Waals surface area contributed by atoms with E-state index >= 15 is 0 Å². The molecule has 0 aliphatic carbocycles. The Morgan fingerprint density at radius 3 is 2.74 bits per heavy atom. The van der Waals surface area contributed by atoms with Crippen LogP contribution >= 0.6 is 38.9 Å². The number of aliphatic hydroxyl groups excluding tert-OH is 1. The molecule has 0 saturated carbocycles. The fourth-order valence-corrected chi connectivity index (χ4v) is 4.98. The molecule has 0 unspecified atom stereocenters. The predicted molar refractivity (Wildman–Crippen MR) is 124 cm³/mol. The van der Waals surface area contributed by atoms with Crippen LogP contribution in [0, 0.1) is 6.92 Å². The number of ether oxygens (including phenoxy) is 1. The Hall–Kier alpha value is -2.27. The maximum absolute atomic E-state index is 12.6. The molecule has 1 atom stereocenters. The van der Waals surface area contributed by atoms with Gasteiger partial charge in [-0.25, -0.2) is 9.78 Å². The second kappa shape index (κ2) is 9.07. The zero-order valence-corrected chi connectivity index (χ0v) is 19.9. The van der Waals surface area contributed by atoms with Gasteiger partial charge in [0.1, 0.15) is 10.8 Å². The third kappa shape index (κ3) is 4.67. The van der Waals surface area contributed by atoms with E-state index in [1.165, 1.54) is 11.7 Å². The summed E-state index contributed by atoms with van der Waals surface area (Å²) in [6.45, 7) is 2.86. The number of nitrogens with zero attached hydrogens (tertiary/aromatic N) is 5. The Kier molecular flexibility index (Phi) is 6.42. The van der Waals surface area contributed by atoms with E-state index in [1.807, 2.05) is 18.2 Å². The number of thiophene rings is 1. The molecule has 0 amide bonds. The van der Waals surface area contributed by atoms with Crippen molar-refractivity contribution in [3.8, 4) is 5.88 Å². The lowest BCUT2D eigenvalue weighted by atomic mass is 10.0. The molecule has 3 aromatic rings. The molecule has 4 rings (SSSR count). The molecule has 162 valence electrons. The van der Waals surface area contributed by atoms with Crippen molar-refractivity contribution in [2.75, 3.05) is 25.1 Å². The first-order chi connectivity index (χ1) is 14.9. The summed E-state index contributed by atoms with van der Waals surface area (Å²) in [6, 6.07) is 7.32. The summed E-state index contributed by atoms with van der Waals surface area (Å²) in [6.07, 6.45) is 1.01. The number of anilines is 1. The lowest BCUT2D eigenvalue weighted by molar-refractivity contribution is 0.233. The second-order valence-corrected chi connectivity index (χ2v) is 9.87. The first kappa shape index (κ1) is 21.9. The fourth-order valence-electron chi connectivity index (χ4n) is 3.32. The minimum absolute atomic E-state index is 0.235. The van der Waals surface area contributed by atoms with Gasteiger partial charge in [0.15, 0.2) is 0 Å². The molecule has 3 aromatic heterocycles. The fraction of sp³-hybridized carbons (Fsp3) is 0.300. The number of hydrogen-bond donors (Lipinski definition) is 1. The van der Waals surface area contributed by atoms with E-state index in [1.54, 1.807) is 35.3 Å². The highest BCUT2D eigenvalue weighted by Gasteiger charge is 2.25. The summed E-state index contributed by atoms with van der Waals surface area (Å²) in [5, 5.41) is 11.1. The number of β-amino-alcohol motifs (C(OH)–C–C–N with tert-alkyl or cyclic N) is 1. The number of pyridine rings is 1. The molecule has 8 nitrogen and oxygen atoms in total.